The molecule has 94 valence electrons. The molecule has 0 unspecified atom stereocenters. The van der Waals surface area contributed by atoms with Crippen LogP contribution in [0, 0.1) is 0 Å². The summed E-state index contributed by atoms with van der Waals surface area (Å²) in [4.78, 5) is 15.6. The van der Waals surface area contributed by atoms with Crippen molar-refractivity contribution in [2.45, 2.75) is 31.6 Å². The summed E-state index contributed by atoms with van der Waals surface area (Å²) in [5.74, 6) is 0.526. The van der Waals surface area contributed by atoms with Crippen molar-refractivity contribution in [3.8, 4) is 0 Å². The monoisotopic (exact) mass is 369 g/mol. The molecular weight excluding hydrogens is 358 g/mol. The number of aromatic nitrogens is 1. The molecule has 1 heterocycles. The molecular formula is C14H13Br2NO. The summed E-state index contributed by atoms with van der Waals surface area (Å²) in [7, 11) is 0. The van der Waals surface area contributed by atoms with Crippen LogP contribution in [-0.4, -0.2) is 4.98 Å². The van der Waals surface area contributed by atoms with Crippen LogP contribution in [0.2, 0.25) is 0 Å². The lowest BCUT2D eigenvalue weighted by Crippen LogP contribution is -2.08. The minimum Gasteiger partial charge on any atom is -0.357 e. The van der Waals surface area contributed by atoms with Crippen LogP contribution in [0.25, 0.3) is 10.9 Å². The molecule has 0 aliphatic heterocycles. The molecule has 1 aliphatic carbocycles. The number of H-pyrrole nitrogens is 1. The fourth-order valence-electron chi connectivity index (χ4n) is 2.75. The normalized spacial score (nSPS) is 16.6. The fourth-order valence-corrected chi connectivity index (χ4v) is 4.08. The molecule has 1 aromatic heterocycles. The summed E-state index contributed by atoms with van der Waals surface area (Å²) < 4.78 is 1.85. The van der Waals surface area contributed by atoms with E-state index in [1.807, 2.05) is 12.1 Å². The predicted octanol–water partition coefficient (Wildman–Crippen LogP) is 4.71. The molecule has 0 radical (unpaired) electrons. The minimum absolute atomic E-state index is 0.104. The van der Waals surface area contributed by atoms with E-state index in [1.165, 1.54) is 25.7 Å². The lowest BCUT2D eigenvalue weighted by Gasteiger charge is -2.11. The van der Waals surface area contributed by atoms with Crippen molar-refractivity contribution in [1.82, 2.24) is 4.98 Å². The summed E-state index contributed by atoms with van der Waals surface area (Å²) in [6, 6.07) is 5.62. The molecule has 1 saturated carbocycles. The van der Waals surface area contributed by atoms with Crippen molar-refractivity contribution < 1.29 is 0 Å². The molecule has 2 aromatic rings. The van der Waals surface area contributed by atoms with Crippen LogP contribution in [0.5, 0.6) is 0 Å². The molecule has 0 spiro atoms. The Labute approximate surface area is 122 Å². The predicted molar refractivity (Wildman–Crippen MR) is 81.2 cm³/mol. The van der Waals surface area contributed by atoms with Gasteiger partial charge in [-0.3, -0.25) is 4.79 Å². The smallest absolute Gasteiger partial charge is 0.189 e. The van der Waals surface area contributed by atoms with Crippen LogP contribution < -0.4 is 5.43 Å². The van der Waals surface area contributed by atoms with E-state index in [1.54, 1.807) is 6.07 Å². The Bertz CT molecular complexity index is 657. The molecule has 18 heavy (non-hydrogen) atoms. The van der Waals surface area contributed by atoms with Crippen LogP contribution >= 0.6 is 31.9 Å². The summed E-state index contributed by atoms with van der Waals surface area (Å²) >= 11 is 6.94. The third-order valence-corrected chi connectivity index (χ3v) is 4.75. The van der Waals surface area contributed by atoms with Crippen molar-refractivity contribution in [3.63, 3.8) is 0 Å². The molecule has 4 heteroatoms. The maximum Gasteiger partial charge on any atom is 0.189 e. The van der Waals surface area contributed by atoms with Crippen LogP contribution in [0.1, 0.15) is 37.3 Å². The van der Waals surface area contributed by atoms with Crippen molar-refractivity contribution >= 4 is 42.8 Å². The van der Waals surface area contributed by atoms with Crippen LogP contribution in [0.15, 0.2) is 31.9 Å². The Morgan fingerprint density at radius 1 is 1.11 bits per heavy atom. The lowest BCUT2D eigenvalue weighted by molar-refractivity contribution is 0.700. The number of fused-ring (bicyclic) bond motifs is 1. The van der Waals surface area contributed by atoms with Gasteiger partial charge in [0, 0.05) is 26.1 Å². The highest BCUT2D eigenvalue weighted by atomic mass is 79.9. The van der Waals surface area contributed by atoms with Crippen molar-refractivity contribution in [2.75, 3.05) is 0 Å². The summed E-state index contributed by atoms with van der Waals surface area (Å²) in [5.41, 5.74) is 2.10. The molecule has 1 fully saturated rings. The molecule has 0 saturated heterocycles. The Balaban J connectivity index is 2.23. The van der Waals surface area contributed by atoms with Gasteiger partial charge >= 0.3 is 0 Å². The Kier molecular flexibility index (Phi) is 3.32. The standard InChI is InChI=1S/C14H13Br2NO/c15-9-5-10-13(18)7-12(8-3-1-2-4-8)17-14(10)11(16)6-9/h5-8H,1-4H2,(H,17,18). The van der Waals surface area contributed by atoms with Crippen molar-refractivity contribution in [2.24, 2.45) is 0 Å². The van der Waals surface area contributed by atoms with Gasteiger partial charge in [0.25, 0.3) is 0 Å². The molecule has 1 N–H and O–H groups in total. The van der Waals surface area contributed by atoms with Crippen molar-refractivity contribution in [3.05, 3.63) is 43.1 Å². The first-order valence-corrected chi connectivity index (χ1v) is 7.76. The quantitative estimate of drug-likeness (QED) is 0.774. The Morgan fingerprint density at radius 3 is 2.56 bits per heavy atom. The molecule has 0 atom stereocenters. The molecule has 0 bridgehead atoms. The highest BCUT2D eigenvalue weighted by molar-refractivity contribution is 9.11. The number of aromatic amines is 1. The second-order valence-electron chi connectivity index (χ2n) is 4.88. The van der Waals surface area contributed by atoms with Gasteiger partial charge in [0.15, 0.2) is 5.43 Å². The van der Waals surface area contributed by atoms with E-state index in [4.69, 9.17) is 0 Å². The van der Waals surface area contributed by atoms with E-state index in [0.717, 1.165) is 25.5 Å². The number of hydrogen-bond donors (Lipinski definition) is 1. The molecule has 0 amide bonds. The zero-order valence-electron chi connectivity index (χ0n) is 9.80. The van der Waals surface area contributed by atoms with Gasteiger partial charge in [-0.05, 0) is 46.8 Å². The molecule has 1 aliphatic rings. The number of benzene rings is 1. The second-order valence-corrected chi connectivity index (χ2v) is 6.65. The van der Waals surface area contributed by atoms with Crippen LogP contribution in [0.4, 0.5) is 0 Å². The third-order valence-electron chi connectivity index (χ3n) is 3.67. The van der Waals surface area contributed by atoms with Gasteiger partial charge in [-0.2, -0.15) is 0 Å². The number of pyridine rings is 1. The van der Waals surface area contributed by atoms with Gasteiger partial charge in [0.05, 0.1) is 5.52 Å². The first kappa shape index (κ1) is 12.4. The van der Waals surface area contributed by atoms with E-state index >= 15 is 0 Å². The SMILES string of the molecule is O=c1cc(C2CCCC2)[nH]c2c(Br)cc(Br)cc12. The molecule has 3 rings (SSSR count). The number of nitrogens with one attached hydrogen (secondary N) is 1. The van der Waals surface area contributed by atoms with E-state index in [2.05, 4.69) is 36.8 Å². The van der Waals surface area contributed by atoms with Gasteiger partial charge in [0.1, 0.15) is 0 Å². The van der Waals surface area contributed by atoms with Gasteiger partial charge in [-0.1, -0.05) is 28.8 Å². The Morgan fingerprint density at radius 2 is 1.83 bits per heavy atom. The topological polar surface area (TPSA) is 32.9 Å². The van der Waals surface area contributed by atoms with Gasteiger partial charge < -0.3 is 4.98 Å². The van der Waals surface area contributed by atoms with E-state index in [-0.39, 0.29) is 5.43 Å². The maximum absolute atomic E-state index is 12.2. The fraction of sp³-hybridized carbons (Fsp3) is 0.357. The summed E-state index contributed by atoms with van der Waals surface area (Å²) in [5, 5.41) is 0.734. The zero-order chi connectivity index (χ0) is 12.7. The Hall–Kier alpha value is -0.610. The summed E-state index contributed by atoms with van der Waals surface area (Å²) in [6.07, 6.45) is 4.92. The van der Waals surface area contributed by atoms with E-state index < -0.39 is 0 Å². The summed E-state index contributed by atoms with van der Waals surface area (Å²) in [6.45, 7) is 0. The van der Waals surface area contributed by atoms with Gasteiger partial charge in [0.2, 0.25) is 0 Å². The van der Waals surface area contributed by atoms with Crippen LogP contribution in [0.3, 0.4) is 0 Å². The van der Waals surface area contributed by atoms with Gasteiger partial charge in [-0.25, -0.2) is 0 Å². The van der Waals surface area contributed by atoms with Crippen LogP contribution in [-0.2, 0) is 0 Å². The first-order chi connectivity index (χ1) is 8.65. The number of halogens is 2. The largest absolute Gasteiger partial charge is 0.357 e. The highest BCUT2D eigenvalue weighted by Crippen LogP contribution is 2.34. The highest BCUT2D eigenvalue weighted by Gasteiger charge is 2.19. The van der Waals surface area contributed by atoms with E-state index in [9.17, 15) is 4.79 Å². The molecule has 1 aromatic carbocycles. The molecule has 2 nitrogen and oxygen atoms in total. The maximum atomic E-state index is 12.2. The average Bonchev–Trinajstić information content (AvgIpc) is 2.83. The minimum atomic E-state index is 0.104. The second kappa shape index (κ2) is 4.82. The zero-order valence-corrected chi connectivity index (χ0v) is 13.0. The average molecular weight is 371 g/mol. The lowest BCUT2D eigenvalue weighted by atomic mass is 10.0. The van der Waals surface area contributed by atoms with Gasteiger partial charge in [-0.15, -0.1) is 0 Å². The number of rotatable bonds is 1. The number of hydrogen-bond acceptors (Lipinski definition) is 1. The van der Waals surface area contributed by atoms with Crippen molar-refractivity contribution in [1.29, 1.82) is 0 Å². The van der Waals surface area contributed by atoms with E-state index in [0.29, 0.717) is 5.92 Å². The third kappa shape index (κ3) is 2.16. The first-order valence-electron chi connectivity index (χ1n) is 6.17.